The van der Waals surface area contributed by atoms with Crippen LogP contribution in [0.5, 0.6) is 0 Å². The van der Waals surface area contributed by atoms with E-state index in [9.17, 15) is 0 Å². The molecule has 0 bridgehead atoms. The highest BCUT2D eigenvalue weighted by Crippen LogP contribution is 2.31. The van der Waals surface area contributed by atoms with Gasteiger partial charge in [0, 0.05) is 13.1 Å². The van der Waals surface area contributed by atoms with E-state index in [1.54, 1.807) is 12.5 Å². The van der Waals surface area contributed by atoms with Crippen LogP contribution < -0.4 is 10.6 Å². The van der Waals surface area contributed by atoms with E-state index in [2.05, 4.69) is 20.6 Å². The van der Waals surface area contributed by atoms with E-state index in [4.69, 9.17) is 13.3 Å². The molecule has 0 aliphatic carbocycles. The molecule has 7 nitrogen and oxygen atoms in total. The van der Waals surface area contributed by atoms with Gasteiger partial charge in [-0.15, -0.1) is 0 Å². The molecule has 0 amide bonds. The zero-order valence-electron chi connectivity index (χ0n) is 13.4. The number of hydrogen-bond donors (Lipinski definition) is 2. The van der Waals surface area contributed by atoms with Crippen molar-refractivity contribution in [1.29, 1.82) is 0 Å². The summed E-state index contributed by atoms with van der Waals surface area (Å²) < 4.78 is 17.1. The highest BCUT2D eigenvalue weighted by atomic mass is 16.4. The minimum atomic E-state index is 0.647. The number of furan rings is 3. The summed E-state index contributed by atoms with van der Waals surface area (Å²) in [6.45, 7) is 3.31. The van der Waals surface area contributed by atoms with Crippen LogP contribution in [-0.4, -0.2) is 37.9 Å². The molecule has 0 spiro atoms. The van der Waals surface area contributed by atoms with E-state index in [-0.39, 0.29) is 0 Å². The van der Waals surface area contributed by atoms with Crippen molar-refractivity contribution in [3.05, 3.63) is 47.9 Å². The Morgan fingerprint density at radius 1 is 0.720 bits per heavy atom. The molecule has 3 aromatic rings. The maximum Gasteiger partial charge on any atom is 0.170 e. The molecule has 5 heterocycles. The van der Waals surface area contributed by atoms with Gasteiger partial charge in [-0.05, 0) is 24.3 Å². The van der Waals surface area contributed by atoms with Gasteiger partial charge in [0.1, 0.15) is 24.2 Å². The molecule has 2 N–H and O–H groups in total. The molecule has 2 aliphatic heterocycles. The largest absolute Gasteiger partial charge is 0.460 e. The van der Waals surface area contributed by atoms with Gasteiger partial charge in [-0.25, -0.2) is 0 Å². The standard InChI is InChI=1S/C18H16N4O3/c1-2-14(16-8-12(10-24-16)18-21-5-6-22-18)25-13(1)15-7-11(9-23-15)17-19-3-4-20-17/h1-2,7-10H,3-6H2,(H,19,20)(H,21,22). The van der Waals surface area contributed by atoms with Crippen molar-refractivity contribution < 1.29 is 13.3 Å². The predicted octanol–water partition coefficient (Wildman–Crippen LogP) is 2.50. The third kappa shape index (κ3) is 2.53. The lowest BCUT2D eigenvalue weighted by Gasteiger charge is -1.95. The average molecular weight is 336 g/mol. The number of nitrogens with one attached hydrogen (secondary N) is 2. The quantitative estimate of drug-likeness (QED) is 0.764. The molecule has 0 atom stereocenters. The molecule has 25 heavy (non-hydrogen) atoms. The summed E-state index contributed by atoms with van der Waals surface area (Å²) in [5, 5.41) is 6.45. The topological polar surface area (TPSA) is 88.2 Å². The van der Waals surface area contributed by atoms with Gasteiger partial charge in [-0.2, -0.15) is 0 Å². The van der Waals surface area contributed by atoms with E-state index in [0.29, 0.717) is 23.0 Å². The third-order valence-electron chi connectivity index (χ3n) is 4.19. The zero-order chi connectivity index (χ0) is 16.6. The van der Waals surface area contributed by atoms with Crippen LogP contribution in [0.4, 0.5) is 0 Å². The van der Waals surface area contributed by atoms with Crippen LogP contribution in [0.25, 0.3) is 23.0 Å². The second-order valence-corrected chi connectivity index (χ2v) is 5.88. The lowest BCUT2D eigenvalue weighted by atomic mass is 10.2. The van der Waals surface area contributed by atoms with Crippen LogP contribution in [-0.2, 0) is 0 Å². The fourth-order valence-corrected chi connectivity index (χ4v) is 2.96. The van der Waals surface area contributed by atoms with Crippen molar-refractivity contribution in [3.8, 4) is 23.0 Å². The molecule has 3 aromatic heterocycles. The van der Waals surface area contributed by atoms with E-state index in [0.717, 1.165) is 49.0 Å². The zero-order valence-corrected chi connectivity index (χ0v) is 13.4. The molecule has 0 fully saturated rings. The Kier molecular flexibility index (Phi) is 3.22. The summed E-state index contributed by atoms with van der Waals surface area (Å²) >= 11 is 0. The van der Waals surface area contributed by atoms with Crippen LogP contribution in [0, 0.1) is 0 Å². The Bertz CT molecular complexity index is 899. The van der Waals surface area contributed by atoms with Gasteiger partial charge in [0.05, 0.1) is 24.2 Å². The number of hydrogen-bond acceptors (Lipinski definition) is 7. The first-order valence-corrected chi connectivity index (χ1v) is 8.22. The molecular formula is C18H16N4O3. The fourth-order valence-electron chi connectivity index (χ4n) is 2.96. The first-order chi connectivity index (χ1) is 12.4. The van der Waals surface area contributed by atoms with Gasteiger partial charge in [-0.3, -0.25) is 9.98 Å². The molecule has 126 valence electrons. The molecular weight excluding hydrogens is 320 g/mol. The molecule has 0 unspecified atom stereocenters. The average Bonchev–Trinajstić information content (AvgIpc) is 3.48. The molecule has 0 aromatic carbocycles. The molecule has 0 saturated heterocycles. The van der Waals surface area contributed by atoms with Crippen LogP contribution in [0.15, 0.2) is 60.0 Å². The fraction of sp³-hybridized carbons (Fsp3) is 0.222. The molecule has 0 radical (unpaired) electrons. The minimum Gasteiger partial charge on any atom is -0.460 e. The molecule has 0 saturated carbocycles. The lowest BCUT2D eigenvalue weighted by molar-refractivity contribution is 0.508. The third-order valence-corrected chi connectivity index (χ3v) is 4.19. The number of amidine groups is 2. The van der Waals surface area contributed by atoms with Crippen LogP contribution in [0.2, 0.25) is 0 Å². The smallest absolute Gasteiger partial charge is 0.170 e. The van der Waals surface area contributed by atoms with Crippen molar-refractivity contribution in [2.45, 2.75) is 0 Å². The van der Waals surface area contributed by atoms with Crippen molar-refractivity contribution in [2.24, 2.45) is 9.98 Å². The Hall–Kier alpha value is -3.22. The second-order valence-electron chi connectivity index (χ2n) is 5.88. The molecule has 5 rings (SSSR count). The van der Waals surface area contributed by atoms with Gasteiger partial charge in [0.15, 0.2) is 23.0 Å². The summed E-state index contributed by atoms with van der Waals surface area (Å²) in [6, 6.07) is 7.58. The normalized spacial score (nSPS) is 16.5. The van der Waals surface area contributed by atoms with E-state index >= 15 is 0 Å². The maximum absolute atomic E-state index is 5.90. The van der Waals surface area contributed by atoms with Gasteiger partial charge in [-0.1, -0.05) is 0 Å². The highest BCUT2D eigenvalue weighted by Gasteiger charge is 2.17. The summed E-state index contributed by atoms with van der Waals surface area (Å²) in [7, 11) is 0. The van der Waals surface area contributed by atoms with Crippen molar-refractivity contribution in [2.75, 3.05) is 26.2 Å². The Morgan fingerprint density at radius 3 is 1.68 bits per heavy atom. The maximum atomic E-state index is 5.90. The van der Waals surface area contributed by atoms with E-state index in [1.165, 1.54) is 0 Å². The predicted molar refractivity (Wildman–Crippen MR) is 92.9 cm³/mol. The molecule has 2 aliphatic rings. The SMILES string of the molecule is c1oc(-c2ccc(-c3cc(C4=NCCN4)co3)o2)cc1C1=NCCN1. The summed E-state index contributed by atoms with van der Waals surface area (Å²) in [5.41, 5.74) is 1.85. The van der Waals surface area contributed by atoms with Crippen LogP contribution in [0.1, 0.15) is 11.1 Å². The lowest BCUT2D eigenvalue weighted by Crippen LogP contribution is -2.18. The monoisotopic (exact) mass is 336 g/mol. The highest BCUT2D eigenvalue weighted by molar-refractivity contribution is 6.00. The van der Waals surface area contributed by atoms with Crippen molar-refractivity contribution in [1.82, 2.24) is 10.6 Å². The second kappa shape index (κ2) is 5.70. The number of nitrogens with zero attached hydrogens (tertiary/aromatic N) is 2. The summed E-state index contributed by atoms with van der Waals surface area (Å²) in [5.74, 6) is 4.34. The molecule has 7 heteroatoms. The van der Waals surface area contributed by atoms with E-state index in [1.807, 2.05) is 24.3 Å². The number of rotatable bonds is 4. The summed E-state index contributed by atoms with van der Waals surface area (Å²) in [4.78, 5) is 8.78. The van der Waals surface area contributed by atoms with Crippen LogP contribution >= 0.6 is 0 Å². The first-order valence-electron chi connectivity index (χ1n) is 8.22. The van der Waals surface area contributed by atoms with Crippen LogP contribution in [0.3, 0.4) is 0 Å². The minimum absolute atomic E-state index is 0.647. The van der Waals surface area contributed by atoms with Gasteiger partial charge in [0.25, 0.3) is 0 Å². The summed E-state index contributed by atoms with van der Waals surface area (Å²) in [6.07, 6.45) is 3.37. The van der Waals surface area contributed by atoms with Crippen molar-refractivity contribution >= 4 is 11.7 Å². The van der Waals surface area contributed by atoms with Crippen molar-refractivity contribution in [3.63, 3.8) is 0 Å². The van der Waals surface area contributed by atoms with E-state index < -0.39 is 0 Å². The van der Waals surface area contributed by atoms with Gasteiger partial charge < -0.3 is 23.9 Å². The Morgan fingerprint density at radius 2 is 1.24 bits per heavy atom. The number of aliphatic imine (C=N–C) groups is 2. The Balaban J connectivity index is 1.40. The first kappa shape index (κ1) is 14.2. The van der Waals surface area contributed by atoms with Gasteiger partial charge in [0.2, 0.25) is 0 Å². The Labute approximate surface area is 143 Å². The van der Waals surface area contributed by atoms with Gasteiger partial charge >= 0.3 is 0 Å².